The van der Waals surface area contributed by atoms with Crippen LogP contribution in [-0.2, 0) is 14.3 Å². The highest BCUT2D eigenvalue weighted by Gasteiger charge is 2.54. The van der Waals surface area contributed by atoms with Gasteiger partial charge in [-0.15, -0.1) is 0 Å². The number of likely N-dealkylation sites (tertiary alicyclic amines) is 1. The van der Waals surface area contributed by atoms with Crippen molar-refractivity contribution in [3.05, 3.63) is 0 Å². The first-order valence-corrected chi connectivity index (χ1v) is 11.4. The van der Waals surface area contributed by atoms with Crippen molar-refractivity contribution in [3.63, 3.8) is 0 Å². The predicted molar refractivity (Wildman–Crippen MR) is 108 cm³/mol. The maximum atomic E-state index is 13.5. The third-order valence-electron chi connectivity index (χ3n) is 7.63. The lowest BCUT2D eigenvalue weighted by atomic mass is 9.83. The molecule has 1 spiro atoms. The molecule has 1 atom stereocenters. The van der Waals surface area contributed by atoms with Gasteiger partial charge in [-0.05, 0) is 77.4 Å². The molecule has 0 unspecified atom stereocenters. The van der Waals surface area contributed by atoms with Crippen LogP contribution in [0.4, 0.5) is 0 Å². The number of ether oxygens (including phenoxy) is 1. The fraction of sp³-hybridized carbons (Fsp3) is 0.909. The molecule has 158 valence electrons. The Kier molecular flexibility index (Phi) is 5.98. The highest BCUT2D eigenvalue weighted by atomic mass is 16.5. The molecule has 6 nitrogen and oxygen atoms in total. The molecule has 4 aliphatic rings. The van der Waals surface area contributed by atoms with E-state index in [9.17, 15) is 9.59 Å². The number of hydrogen-bond donors (Lipinski definition) is 1. The maximum absolute atomic E-state index is 13.5. The Morgan fingerprint density at radius 1 is 1.00 bits per heavy atom. The van der Waals surface area contributed by atoms with Gasteiger partial charge in [-0.25, -0.2) is 0 Å². The molecule has 28 heavy (non-hydrogen) atoms. The smallest absolute Gasteiger partial charge is 0.245 e. The predicted octanol–water partition coefficient (Wildman–Crippen LogP) is 2.52. The van der Waals surface area contributed by atoms with E-state index in [0.717, 1.165) is 77.3 Å². The topological polar surface area (TPSA) is 61.9 Å². The molecule has 2 amide bonds. The van der Waals surface area contributed by atoms with E-state index in [1.807, 2.05) is 4.90 Å². The minimum Gasteiger partial charge on any atom is -0.353 e. The van der Waals surface area contributed by atoms with Crippen molar-refractivity contribution < 1.29 is 14.3 Å². The van der Waals surface area contributed by atoms with Gasteiger partial charge >= 0.3 is 0 Å². The van der Waals surface area contributed by atoms with Gasteiger partial charge in [-0.2, -0.15) is 0 Å². The second-order valence-electron chi connectivity index (χ2n) is 9.73. The Balaban J connectivity index is 1.50. The molecule has 4 fully saturated rings. The zero-order valence-corrected chi connectivity index (χ0v) is 17.6. The van der Waals surface area contributed by atoms with E-state index in [1.54, 1.807) is 0 Å². The first-order chi connectivity index (χ1) is 13.5. The largest absolute Gasteiger partial charge is 0.353 e. The molecule has 0 aromatic heterocycles. The maximum Gasteiger partial charge on any atom is 0.245 e. The Bertz CT molecular complexity index is 574. The molecule has 6 heteroatoms. The third-order valence-corrected chi connectivity index (χ3v) is 7.63. The summed E-state index contributed by atoms with van der Waals surface area (Å²) in [5, 5.41) is 3.25. The summed E-state index contributed by atoms with van der Waals surface area (Å²) in [6.07, 6.45) is 10.0. The van der Waals surface area contributed by atoms with Gasteiger partial charge in [0.05, 0.1) is 6.61 Å². The fourth-order valence-corrected chi connectivity index (χ4v) is 5.63. The van der Waals surface area contributed by atoms with Gasteiger partial charge in [-0.3, -0.25) is 14.5 Å². The van der Waals surface area contributed by atoms with E-state index in [2.05, 4.69) is 24.2 Å². The standard InChI is InChI=1S/C22H37N3O3/c1-16-7-11-22(12-8-16)25(21(27)17-5-3-4-6-17)19(15-28-22)20(26)23-18-9-13-24(2)14-10-18/h16-19H,3-15H2,1-2H3,(H,23,26)/t16?,19-,22?/m0/s1. The summed E-state index contributed by atoms with van der Waals surface area (Å²) in [4.78, 5) is 30.9. The molecule has 2 heterocycles. The van der Waals surface area contributed by atoms with Crippen molar-refractivity contribution in [2.75, 3.05) is 26.7 Å². The van der Waals surface area contributed by atoms with Crippen molar-refractivity contribution in [1.82, 2.24) is 15.1 Å². The summed E-state index contributed by atoms with van der Waals surface area (Å²) >= 11 is 0. The lowest BCUT2D eigenvalue weighted by Gasteiger charge is -2.44. The van der Waals surface area contributed by atoms with Crippen molar-refractivity contribution in [1.29, 1.82) is 0 Å². The molecule has 0 aromatic rings. The number of carbonyl (C=O) groups excluding carboxylic acids is 2. The van der Waals surface area contributed by atoms with Crippen LogP contribution < -0.4 is 5.32 Å². The first-order valence-electron chi connectivity index (χ1n) is 11.4. The van der Waals surface area contributed by atoms with E-state index in [4.69, 9.17) is 4.74 Å². The highest BCUT2D eigenvalue weighted by Crippen LogP contribution is 2.44. The van der Waals surface area contributed by atoms with E-state index < -0.39 is 11.8 Å². The van der Waals surface area contributed by atoms with E-state index in [1.165, 1.54) is 0 Å². The molecule has 2 aliphatic heterocycles. The number of nitrogens with one attached hydrogen (secondary N) is 1. The van der Waals surface area contributed by atoms with E-state index in [0.29, 0.717) is 12.5 Å². The second-order valence-corrected chi connectivity index (χ2v) is 9.73. The average Bonchev–Trinajstić information content (AvgIpc) is 3.34. The molecule has 0 aromatic carbocycles. The molecular weight excluding hydrogens is 354 g/mol. The van der Waals surface area contributed by atoms with Crippen molar-refractivity contribution in [2.45, 2.75) is 88.9 Å². The molecule has 2 saturated carbocycles. The molecular formula is C22H37N3O3. The Morgan fingerprint density at radius 3 is 2.29 bits per heavy atom. The number of piperidine rings is 1. The fourth-order valence-electron chi connectivity index (χ4n) is 5.63. The van der Waals surface area contributed by atoms with E-state index in [-0.39, 0.29) is 23.8 Å². The third kappa shape index (κ3) is 3.95. The molecule has 1 N–H and O–H groups in total. The van der Waals surface area contributed by atoms with Crippen LogP contribution in [0.5, 0.6) is 0 Å². The number of hydrogen-bond acceptors (Lipinski definition) is 4. The Morgan fingerprint density at radius 2 is 1.64 bits per heavy atom. The van der Waals surface area contributed by atoms with Gasteiger partial charge in [0.15, 0.2) is 0 Å². The normalized spacial score (nSPS) is 35.6. The number of amides is 2. The van der Waals surface area contributed by atoms with Gasteiger partial charge in [0.2, 0.25) is 11.8 Å². The van der Waals surface area contributed by atoms with Crippen molar-refractivity contribution >= 4 is 11.8 Å². The van der Waals surface area contributed by atoms with Gasteiger partial charge in [0, 0.05) is 12.0 Å². The summed E-state index contributed by atoms with van der Waals surface area (Å²) in [7, 11) is 2.12. The van der Waals surface area contributed by atoms with E-state index >= 15 is 0 Å². The number of rotatable bonds is 3. The van der Waals surface area contributed by atoms with Crippen LogP contribution in [0, 0.1) is 11.8 Å². The summed E-state index contributed by atoms with van der Waals surface area (Å²) in [5.74, 6) is 0.922. The van der Waals surface area contributed by atoms with Crippen LogP contribution in [0.1, 0.15) is 71.1 Å². The first kappa shape index (κ1) is 20.1. The summed E-state index contributed by atoms with van der Waals surface area (Å²) in [6, 6.07) is -0.240. The molecule has 0 radical (unpaired) electrons. The van der Waals surface area contributed by atoms with Crippen LogP contribution in [0.2, 0.25) is 0 Å². The summed E-state index contributed by atoms with van der Waals surface area (Å²) in [5.41, 5.74) is -0.541. The van der Waals surface area contributed by atoms with Crippen LogP contribution in [-0.4, -0.2) is 66.2 Å². The zero-order valence-electron chi connectivity index (χ0n) is 17.6. The summed E-state index contributed by atoms with van der Waals surface area (Å²) in [6.45, 7) is 4.65. The lowest BCUT2D eigenvalue weighted by molar-refractivity contribution is -0.165. The van der Waals surface area contributed by atoms with Crippen LogP contribution in [0.15, 0.2) is 0 Å². The summed E-state index contributed by atoms with van der Waals surface area (Å²) < 4.78 is 6.30. The number of nitrogens with zero attached hydrogens (tertiary/aromatic N) is 2. The molecule has 2 aliphatic carbocycles. The number of carbonyl (C=O) groups is 2. The monoisotopic (exact) mass is 391 g/mol. The zero-order chi connectivity index (χ0) is 19.7. The molecule has 0 bridgehead atoms. The van der Waals surface area contributed by atoms with Gasteiger partial charge < -0.3 is 15.0 Å². The van der Waals surface area contributed by atoms with Crippen molar-refractivity contribution in [2.24, 2.45) is 11.8 Å². The Hall–Kier alpha value is -1.14. The average molecular weight is 392 g/mol. The Labute approximate surface area is 169 Å². The minimum atomic E-state index is -0.541. The van der Waals surface area contributed by atoms with Crippen molar-refractivity contribution in [3.8, 4) is 0 Å². The minimum absolute atomic E-state index is 0.00334. The van der Waals surface area contributed by atoms with Crippen LogP contribution >= 0.6 is 0 Å². The van der Waals surface area contributed by atoms with Gasteiger partial charge in [0.1, 0.15) is 11.8 Å². The van der Waals surface area contributed by atoms with Gasteiger partial charge in [-0.1, -0.05) is 19.8 Å². The van der Waals surface area contributed by atoms with Crippen LogP contribution in [0.25, 0.3) is 0 Å². The molecule has 4 rings (SSSR count). The SMILES string of the molecule is CC1CCC2(CC1)OC[C@@H](C(=O)NC1CCN(C)CC1)N2C(=O)C1CCCC1. The van der Waals surface area contributed by atoms with Crippen LogP contribution in [0.3, 0.4) is 0 Å². The highest BCUT2D eigenvalue weighted by molar-refractivity contribution is 5.90. The lowest BCUT2D eigenvalue weighted by Crippen LogP contribution is -2.59. The second kappa shape index (κ2) is 8.31. The quantitative estimate of drug-likeness (QED) is 0.803. The van der Waals surface area contributed by atoms with Gasteiger partial charge in [0.25, 0.3) is 0 Å². The molecule has 2 saturated heterocycles.